The van der Waals surface area contributed by atoms with E-state index in [2.05, 4.69) is 29.8 Å². The van der Waals surface area contributed by atoms with Crippen molar-refractivity contribution < 1.29 is 36.7 Å². The van der Waals surface area contributed by atoms with Crippen LogP contribution in [0.4, 0.5) is 23.2 Å². The topological polar surface area (TPSA) is 137 Å². The van der Waals surface area contributed by atoms with E-state index in [0.717, 1.165) is 16.9 Å². The Morgan fingerprint density at radius 3 is 2.73 bits per heavy atom. The predicted octanol–water partition coefficient (Wildman–Crippen LogP) is 4.19. The lowest BCUT2D eigenvalue weighted by Gasteiger charge is -2.26. The summed E-state index contributed by atoms with van der Waals surface area (Å²) in [4.78, 5) is 30.0. The average molecular weight is 585 g/mol. The maximum absolute atomic E-state index is 14.3. The van der Waals surface area contributed by atoms with Gasteiger partial charge in [0, 0.05) is 30.1 Å². The number of ether oxygens (including phenoxy) is 1. The van der Waals surface area contributed by atoms with Gasteiger partial charge in [-0.15, -0.1) is 13.2 Å². The van der Waals surface area contributed by atoms with Gasteiger partial charge in [-0.05, 0) is 29.3 Å². The normalized spacial score (nSPS) is 13.3. The van der Waals surface area contributed by atoms with E-state index in [1.54, 1.807) is 6.92 Å². The molecule has 40 heavy (non-hydrogen) atoms. The number of aromatic hydroxyl groups is 1. The van der Waals surface area contributed by atoms with Crippen LogP contribution in [-0.4, -0.2) is 48.5 Å². The molecule has 0 fully saturated rings. The van der Waals surface area contributed by atoms with Crippen LogP contribution in [0.25, 0.3) is 0 Å². The highest BCUT2D eigenvalue weighted by molar-refractivity contribution is 6.31. The van der Waals surface area contributed by atoms with Crippen LogP contribution in [-0.2, 0) is 18.3 Å². The number of hydrogen-bond donors (Lipinski definition) is 2. The van der Waals surface area contributed by atoms with Crippen molar-refractivity contribution in [3.63, 3.8) is 0 Å². The molecule has 0 radical (unpaired) electrons. The van der Waals surface area contributed by atoms with E-state index in [9.17, 15) is 32.3 Å². The van der Waals surface area contributed by atoms with Gasteiger partial charge < -0.3 is 14.9 Å². The van der Waals surface area contributed by atoms with Gasteiger partial charge in [0.05, 0.1) is 25.5 Å². The zero-order chi connectivity index (χ0) is 29.2. The lowest BCUT2D eigenvalue weighted by Crippen LogP contribution is -2.29. The van der Waals surface area contributed by atoms with E-state index in [0.29, 0.717) is 5.56 Å². The molecule has 0 aliphatic carbocycles. The Balaban J connectivity index is 1.77. The van der Waals surface area contributed by atoms with Crippen molar-refractivity contribution in [1.82, 2.24) is 24.5 Å². The van der Waals surface area contributed by atoms with Crippen LogP contribution >= 0.6 is 11.6 Å². The van der Waals surface area contributed by atoms with Crippen molar-refractivity contribution in [2.45, 2.75) is 31.7 Å². The molecule has 16 heteroatoms. The van der Waals surface area contributed by atoms with Crippen LogP contribution in [0.15, 0.2) is 52.4 Å². The fraction of sp³-hybridized carbons (Fsp3) is 0.292. The minimum atomic E-state index is -4.81. The zero-order valence-electron chi connectivity index (χ0n) is 20.8. The quantitative estimate of drug-likeness (QED) is 0.279. The highest BCUT2D eigenvalue weighted by atomic mass is 35.5. The van der Waals surface area contributed by atoms with Crippen molar-refractivity contribution >= 4 is 23.2 Å². The van der Waals surface area contributed by atoms with E-state index in [1.807, 2.05) is 0 Å². The molecule has 4 rings (SSSR count). The number of carbonyl (C=O) groups is 1. The molecule has 0 saturated heterocycles. The fourth-order valence-corrected chi connectivity index (χ4v) is 4.42. The summed E-state index contributed by atoms with van der Waals surface area (Å²) in [6.45, 7) is 0.668. The number of hydrogen-bond acceptors (Lipinski definition) is 8. The van der Waals surface area contributed by atoms with Crippen LogP contribution in [0, 0.1) is 5.82 Å². The summed E-state index contributed by atoms with van der Waals surface area (Å²) in [5.41, 5.74) is -0.720. The van der Waals surface area contributed by atoms with Gasteiger partial charge in [0.2, 0.25) is 5.75 Å². The number of carbonyl (C=O) groups excluding carboxylic acids is 1. The average Bonchev–Trinajstić information content (AvgIpc) is 3.56. The Morgan fingerprint density at radius 1 is 1.30 bits per heavy atom. The Morgan fingerprint density at radius 2 is 2.05 bits per heavy atom. The number of nitrogens with zero attached hydrogens (tertiary/aromatic N) is 5. The Kier molecular flexibility index (Phi) is 8.25. The first-order chi connectivity index (χ1) is 18.9. The van der Waals surface area contributed by atoms with Gasteiger partial charge in [-0.25, -0.2) is 9.37 Å². The number of alkyl halides is 3. The molecule has 2 N–H and O–H groups in total. The third-order valence-electron chi connectivity index (χ3n) is 6.01. The number of anilines is 1. The van der Waals surface area contributed by atoms with Gasteiger partial charge >= 0.3 is 6.36 Å². The molecule has 0 bridgehead atoms. The first-order valence-electron chi connectivity index (χ1n) is 11.5. The van der Waals surface area contributed by atoms with Gasteiger partial charge in [-0.1, -0.05) is 23.7 Å². The molecule has 3 aromatic heterocycles. The highest BCUT2D eigenvalue weighted by Crippen LogP contribution is 2.41. The molecule has 0 unspecified atom stereocenters. The molecule has 0 aliphatic rings. The summed E-state index contributed by atoms with van der Waals surface area (Å²) in [5.74, 6) is -4.11. The summed E-state index contributed by atoms with van der Waals surface area (Å²) < 4.78 is 62.2. The Labute approximate surface area is 227 Å². The Hall–Kier alpha value is -4.24. The summed E-state index contributed by atoms with van der Waals surface area (Å²) in [6.07, 6.45) is 0.293. The summed E-state index contributed by atoms with van der Waals surface area (Å²) in [6, 6.07) is 3.65. The Bertz CT molecular complexity index is 1570. The number of amides is 1. The molecule has 0 aliphatic heterocycles. The maximum Gasteiger partial charge on any atom is 0.522 e. The first kappa shape index (κ1) is 28.8. The summed E-state index contributed by atoms with van der Waals surface area (Å²) in [7, 11) is 1.32. The first-order valence-corrected chi connectivity index (χ1v) is 11.9. The molecule has 4 aromatic rings. The van der Waals surface area contributed by atoms with E-state index >= 15 is 0 Å². The number of aromatic nitrogens is 5. The van der Waals surface area contributed by atoms with E-state index in [4.69, 9.17) is 11.6 Å². The largest absolute Gasteiger partial charge is 0.522 e. The number of nitrogens with one attached hydrogen (secondary N) is 1. The number of rotatable bonds is 9. The van der Waals surface area contributed by atoms with Crippen molar-refractivity contribution in [2.24, 2.45) is 7.05 Å². The zero-order valence-corrected chi connectivity index (χ0v) is 21.6. The molecule has 212 valence electrons. The van der Waals surface area contributed by atoms with Crippen molar-refractivity contribution in [3.8, 4) is 5.75 Å². The van der Waals surface area contributed by atoms with Crippen molar-refractivity contribution in [1.29, 1.82) is 0 Å². The molecule has 2 atom stereocenters. The standard InChI is InChI=1S/C24H21ClF4N6O5/c1-12(21-33-19(20(36)23(38)34(21)2)22(37)32-15-9-31-40-11-15)18(16-7-14(26)3-4-17(16)25)13-8-30-35(10-13)5-6-39-24(27,28)29/h3-4,7-12,18,36H,5-6H2,1-2H3,(H,32,37)/t12-,18+/m1/s1. The van der Waals surface area contributed by atoms with Crippen LogP contribution in [0.5, 0.6) is 5.75 Å². The minimum absolute atomic E-state index is 0.0109. The van der Waals surface area contributed by atoms with Crippen LogP contribution < -0.4 is 10.9 Å². The third kappa shape index (κ3) is 6.31. The summed E-state index contributed by atoms with van der Waals surface area (Å²) >= 11 is 6.42. The van der Waals surface area contributed by atoms with Crippen LogP contribution in [0.3, 0.4) is 0 Å². The van der Waals surface area contributed by atoms with Crippen molar-refractivity contribution in [3.05, 3.63) is 86.9 Å². The van der Waals surface area contributed by atoms with Crippen LogP contribution in [0.1, 0.15) is 46.2 Å². The number of halogens is 5. The highest BCUT2D eigenvalue weighted by Gasteiger charge is 2.32. The van der Waals surface area contributed by atoms with Crippen LogP contribution in [0.2, 0.25) is 5.02 Å². The van der Waals surface area contributed by atoms with Gasteiger partial charge in [-0.2, -0.15) is 5.10 Å². The van der Waals surface area contributed by atoms with Crippen molar-refractivity contribution in [2.75, 3.05) is 11.9 Å². The van der Waals surface area contributed by atoms with Gasteiger partial charge in [0.25, 0.3) is 11.5 Å². The molecule has 11 nitrogen and oxygen atoms in total. The molecular formula is C24H21ClF4N6O5. The van der Waals surface area contributed by atoms with Gasteiger partial charge in [-0.3, -0.25) is 23.6 Å². The molecule has 1 amide bonds. The maximum atomic E-state index is 14.3. The molecule has 1 aromatic carbocycles. The lowest BCUT2D eigenvalue weighted by atomic mass is 9.82. The molecule has 3 heterocycles. The van der Waals surface area contributed by atoms with E-state index in [-0.39, 0.29) is 28.6 Å². The molecule has 0 saturated carbocycles. The monoisotopic (exact) mass is 584 g/mol. The van der Waals surface area contributed by atoms with Gasteiger partial charge in [0.15, 0.2) is 5.69 Å². The van der Waals surface area contributed by atoms with Gasteiger partial charge in [0.1, 0.15) is 23.6 Å². The van der Waals surface area contributed by atoms with E-state index in [1.165, 1.54) is 42.5 Å². The SMILES string of the molecule is C[C@@H](c1nc(C(=O)Nc2cnoc2)c(O)c(=O)n1C)[C@@H](c1cnn(CCOC(F)(F)F)c1)c1cc(F)ccc1Cl. The third-order valence-corrected chi connectivity index (χ3v) is 6.35. The second kappa shape index (κ2) is 11.5. The molecule has 0 spiro atoms. The molecular weight excluding hydrogens is 564 g/mol. The minimum Gasteiger partial charge on any atom is -0.501 e. The number of benzene rings is 1. The summed E-state index contributed by atoms with van der Waals surface area (Å²) in [5, 5.41) is 20.5. The smallest absolute Gasteiger partial charge is 0.501 e. The fourth-order valence-electron chi connectivity index (χ4n) is 4.19. The van der Waals surface area contributed by atoms with E-state index < -0.39 is 53.5 Å². The predicted molar refractivity (Wildman–Crippen MR) is 132 cm³/mol. The second-order valence-corrected chi connectivity index (χ2v) is 9.07. The lowest BCUT2D eigenvalue weighted by molar-refractivity contribution is -0.325. The second-order valence-electron chi connectivity index (χ2n) is 8.66.